The number of hydrogen-bond donors (Lipinski definition) is 0. The summed E-state index contributed by atoms with van der Waals surface area (Å²) in [4.78, 5) is 25.5. The molecule has 5 heteroatoms. The Labute approximate surface area is 455 Å². The van der Waals surface area contributed by atoms with Gasteiger partial charge in [0.05, 0.1) is 6.61 Å². The second kappa shape index (κ2) is 62.3. The third kappa shape index (κ3) is 59.6. The molecule has 0 saturated carbocycles. The normalized spacial score (nSPS) is 13.6. The molecule has 412 valence electrons. The quantitative estimate of drug-likeness (QED) is 0.0345. The topological polar surface area (TPSA) is 61.8 Å². The Morgan fingerprint density at radius 1 is 0.297 bits per heavy atom. The maximum absolute atomic E-state index is 12.9. The molecule has 0 aliphatic carbocycles. The van der Waals surface area contributed by atoms with Crippen molar-refractivity contribution in [3.05, 3.63) is 182 Å². The summed E-state index contributed by atoms with van der Waals surface area (Å²) in [5.74, 6) is -0.552. The number of rotatable bonds is 51. The van der Waals surface area contributed by atoms with E-state index in [1.807, 2.05) is 6.08 Å². The highest BCUT2D eigenvalue weighted by Crippen LogP contribution is 2.12. The van der Waals surface area contributed by atoms with Crippen LogP contribution in [0.15, 0.2) is 182 Å². The smallest absolute Gasteiger partial charge is 0.306 e. The molecular formula is C69H106O5. The van der Waals surface area contributed by atoms with E-state index in [9.17, 15) is 9.59 Å². The van der Waals surface area contributed by atoms with Gasteiger partial charge in [0.15, 0.2) is 6.10 Å². The predicted molar refractivity (Wildman–Crippen MR) is 324 cm³/mol. The Bertz CT molecular complexity index is 1720. The lowest BCUT2D eigenvalue weighted by Gasteiger charge is -2.18. The van der Waals surface area contributed by atoms with Crippen molar-refractivity contribution in [2.75, 3.05) is 19.8 Å². The summed E-state index contributed by atoms with van der Waals surface area (Å²) in [6, 6.07) is 0. The van der Waals surface area contributed by atoms with Gasteiger partial charge in [0.1, 0.15) is 6.61 Å². The molecule has 0 aliphatic rings. The third-order valence-electron chi connectivity index (χ3n) is 11.4. The van der Waals surface area contributed by atoms with E-state index in [2.05, 4.69) is 197 Å². The van der Waals surface area contributed by atoms with Crippen LogP contribution in [0.3, 0.4) is 0 Å². The first-order chi connectivity index (χ1) is 36.6. The van der Waals surface area contributed by atoms with E-state index in [4.69, 9.17) is 14.2 Å². The maximum atomic E-state index is 12.9. The zero-order valence-electron chi connectivity index (χ0n) is 47.3. The molecule has 1 unspecified atom stereocenters. The molecule has 0 spiro atoms. The number of unbranched alkanes of at least 4 members (excludes halogenated alkanes) is 10. The second-order valence-electron chi connectivity index (χ2n) is 18.4. The van der Waals surface area contributed by atoms with Crippen LogP contribution in [0, 0.1) is 0 Å². The average Bonchev–Trinajstić information content (AvgIpc) is 3.40. The fourth-order valence-corrected chi connectivity index (χ4v) is 7.20. The molecule has 0 aliphatic heterocycles. The van der Waals surface area contributed by atoms with Crippen LogP contribution >= 0.6 is 0 Å². The zero-order valence-corrected chi connectivity index (χ0v) is 47.3. The lowest BCUT2D eigenvalue weighted by atomic mass is 10.1. The van der Waals surface area contributed by atoms with Gasteiger partial charge in [0, 0.05) is 19.4 Å². The predicted octanol–water partition coefficient (Wildman–Crippen LogP) is 20.6. The molecule has 0 heterocycles. The molecule has 0 rings (SSSR count). The van der Waals surface area contributed by atoms with E-state index < -0.39 is 6.10 Å². The fourth-order valence-electron chi connectivity index (χ4n) is 7.20. The Kier molecular flexibility index (Phi) is 58.1. The molecule has 0 aromatic carbocycles. The van der Waals surface area contributed by atoms with Gasteiger partial charge >= 0.3 is 11.9 Å². The molecule has 1 atom stereocenters. The monoisotopic (exact) mass is 1010 g/mol. The maximum Gasteiger partial charge on any atom is 0.306 e. The van der Waals surface area contributed by atoms with Gasteiger partial charge < -0.3 is 14.2 Å². The highest BCUT2D eigenvalue weighted by atomic mass is 16.6. The fraction of sp³-hybridized carbons (Fsp3) is 0.536. The third-order valence-corrected chi connectivity index (χ3v) is 11.4. The van der Waals surface area contributed by atoms with Crippen molar-refractivity contribution < 1.29 is 23.8 Å². The molecule has 0 amide bonds. The molecular weight excluding hydrogens is 909 g/mol. The molecule has 0 aromatic heterocycles. The Morgan fingerprint density at radius 2 is 0.595 bits per heavy atom. The van der Waals surface area contributed by atoms with E-state index in [-0.39, 0.29) is 31.6 Å². The molecule has 0 bridgehead atoms. The number of allylic oxidation sites excluding steroid dienone is 30. The van der Waals surface area contributed by atoms with Crippen molar-refractivity contribution in [3.63, 3.8) is 0 Å². The van der Waals surface area contributed by atoms with E-state index in [1.54, 1.807) is 0 Å². The summed E-state index contributed by atoms with van der Waals surface area (Å²) in [7, 11) is 0. The number of ether oxygens (including phenoxy) is 3. The van der Waals surface area contributed by atoms with E-state index in [0.717, 1.165) is 141 Å². The number of hydrogen-bond acceptors (Lipinski definition) is 5. The van der Waals surface area contributed by atoms with Crippen LogP contribution in [0.1, 0.15) is 213 Å². The van der Waals surface area contributed by atoms with Crippen LogP contribution in [-0.2, 0) is 23.8 Å². The van der Waals surface area contributed by atoms with Crippen molar-refractivity contribution in [2.45, 2.75) is 219 Å². The molecule has 0 aromatic rings. The van der Waals surface area contributed by atoms with E-state index in [1.165, 1.54) is 32.1 Å². The molecule has 74 heavy (non-hydrogen) atoms. The summed E-state index contributed by atoms with van der Waals surface area (Å²) < 4.78 is 17.4. The minimum Gasteiger partial charge on any atom is -0.462 e. The van der Waals surface area contributed by atoms with Gasteiger partial charge in [-0.05, 0) is 141 Å². The van der Waals surface area contributed by atoms with Gasteiger partial charge in [-0.2, -0.15) is 0 Å². The van der Waals surface area contributed by atoms with Crippen LogP contribution in [0.2, 0.25) is 0 Å². The second-order valence-corrected chi connectivity index (χ2v) is 18.4. The number of esters is 2. The highest BCUT2D eigenvalue weighted by molar-refractivity contribution is 5.70. The molecule has 0 radical (unpaired) electrons. The zero-order chi connectivity index (χ0) is 53.4. The number of carbonyl (C=O) groups excluding carboxylic acids is 2. The minimum atomic E-state index is -0.608. The Hall–Kier alpha value is -5.00. The molecule has 0 saturated heterocycles. The minimum absolute atomic E-state index is 0.0132. The molecule has 0 fully saturated rings. The summed E-state index contributed by atoms with van der Waals surface area (Å²) in [6.45, 7) is 7.32. The largest absolute Gasteiger partial charge is 0.462 e. The van der Waals surface area contributed by atoms with Crippen LogP contribution < -0.4 is 0 Å². The van der Waals surface area contributed by atoms with E-state index in [0.29, 0.717) is 19.4 Å². The van der Waals surface area contributed by atoms with Crippen LogP contribution in [0.5, 0.6) is 0 Å². The van der Waals surface area contributed by atoms with Crippen molar-refractivity contribution in [1.82, 2.24) is 0 Å². The highest BCUT2D eigenvalue weighted by Gasteiger charge is 2.17. The summed E-state index contributed by atoms with van der Waals surface area (Å²) in [6.07, 6.45) is 95.0. The van der Waals surface area contributed by atoms with Crippen LogP contribution in [0.25, 0.3) is 0 Å². The van der Waals surface area contributed by atoms with Gasteiger partial charge in [-0.1, -0.05) is 242 Å². The Balaban J connectivity index is 4.53. The van der Waals surface area contributed by atoms with Crippen LogP contribution in [-0.4, -0.2) is 37.9 Å². The number of carbonyl (C=O) groups is 2. The Morgan fingerprint density at radius 3 is 0.959 bits per heavy atom. The summed E-state index contributed by atoms with van der Waals surface area (Å²) >= 11 is 0. The first kappa shape index (κ1) is 69.0. The van der Waals surface area contributed by atoms with Crippen molar-refractivity contribution in [2.24, 2.45) is 0 Å². The summed E-state index contributed by atoms with van der Waals surface area (Å²) in [5, 5.41) is 0. The van der Waals surface area contributed by atoms with Crippen molar-refractivity contribution >= 4 is 11.9 Å². The van der Waals surface area contributed by atoms with Gasteiger partial charge in [0.2, 0.25) is 0 Å². The lowest BCUT2D eigenvalue weighted by Crippen LogP contribution is -2.30. The SMILES string of the molecule is CC/C=C\C/C=C\C/C=C\C/C=C\C/C=C\C/C=C\CCC(=O)OCC(COCCCCCCCCC/C=C\C/C=C\C/C=C\C/C=C\CC)OC(=O)CCCCC/C=C\C/C=C\C/C=C\C/C=C\C/C=C\CC. The first-order valence-electron chi connectivity index (χ1n) is 29.3. The standard InChI is InChI=1S/C69H106O5/c1-4-7-10-13-16-19-22-25-28-31-34-37-40-43-46-49-52-55-58-61-64-72-65-67(74-69(71)63-60-57-54-51-48-45-42-39-36-33-30-27-24-21-18-15-12-9-6-3)66-73-68(70)62-59-56-53-50-47-44-41-38-35-32-29-26-23-20-17-14-11-8-5-2/h7-12,16-21,25-30,34-39,44-45,47-48,53,56,67H,4-6,13-15,22-24,31-33,40-43,46,49-52,54-55,57-66H2,1-3H3/b10-7-,11-8-,12-9-,19-16-,20-17-,21-18-,28-25-,29-26-,30-27-,37-34-,38-35-,39-36-,47-44-,48-45-,56-53-. The van der Waals surface area contributed by atoms with Crippen molar-refractivity contribution in [3.8, 4) is 0 Å². The lowest BCUT2D eigenvalue weighted by molar-refractivity contribution is -0.162. The van der Waals surface area contributed by atoms with E-state index >= 15 is 0 Å². The average molecular weight is 1020 g/mol. The van der Waals surface area contributed by atoms with Gasteiger partial charge in [-0.15, -0.1) is 0 Å². The van der Waals surface area contributed by atoms with Gasteiger partial charge in [-0.3, -0.25) is 9.59 Å². The first-order valence-corrected chi connectivity index (χ1v) is 29.3. The molecule has 0 N–H and O–H groups in total. The van der Waals surface area contributed by atoms with Gasteiger partial charge in [-0.25, -0.2) is 0 Å². The van der Waals surface area contributed by atoms with Gasteiger partial charge in [0.25, 0.3) is 0 Å². The van der Waals surface area contributed by atoms with Crippen molar-refractivity contribution in [1.29, 1.82) is 0 Å². The van der Waals surface area contributed by atoms with Crippen LogP contribution in [0.4, 0.5) is 0 Å². The molecule has 5 nitrogen and oxygen atoms in total. The summed E-state index contributed by atoms with van der Waals surface area (Å²) in [5.41, 5.74) is 0.